The number of rotatable bonds is 6. The molecule has 0 fully saturated rings. The summed E-state index contributed by atoms with van der Waals surface area (Å²) in [6.07, 6.45) is 0. The highest BCUT2D eigenvalue weighted by Gasteiger charge is 2.12. The van der Waals surface area contributed by atoms with Crippen LogP contribution >= 0.6 is 0 Å². The maximum Gasteiger partial charge on any atom is 0.319 e. The number of hydrogen-bond acceptors (Lipinski definition) is 3. The molecule has 0 unspecified atom stereocenters. The van der Waals surface area contributed by atoms with Gasteiger partial charge in [0.15, 0.2) is 0 Å². The second kappa shape index (κ2) is 8.84. The Bertz CT molecular complexity index is 767. The van der Waals surface area contributed by atoms with Crippen LogP contribution in [0.2, 0.25) is 0 Å². The predicted molar refractivity (Wildman–Crippen MR) is 102 cm³/mol. The minimum absolute atomic E-state index is 0.0208. The molecule has 3 amide bonds. The first-order valence-electron chi connectivity index (χ1n) is 8.26. The number of halogens is 1. The maximum atomic E-state index is 13.6. The van der Waals surface area contributed by atoms with Gasteiger partial charge in [0.25, 0.3) is 0 Å². The van der Waals surface area contributed by atoms with Crippen molar-refractivity contribution in [3.8, 4) is 0 Å². The van der Waals surface area contributed by atoms with Crippen molar-refractivity contribution < 1.29 is 14.0 Å². The summed E-state index contributed by atoms with van der Waals surface area (Å²) in [6.45, 7) is 3.72. The lowest BCUT2D eigenvalue weighted by Gasteiger charge is -2.27. The summed E-state index contributed by atoms with van der Waals surface area (Å²) in [7, 11) is 1.96. The summed E-state index contributed by atoms with van der Waals surface area (Å²) in [5.74, 6) is -0.951. The molecule has 7 heteroatoms. The third-order valence-electron chi connectivity index (χ3n) is 3.92. The molecule has 2 rings (SSSR count). The highest BCUT2D eigenvalue weighted by atomic mass is 19.1. The van der Waals surface area contributed by atoms with Gasteiger partial charge in [0, 0.05) is 37.9 Å². The number of carbonyl (C=O) groups is 2. The monoisotopic (exact) mass is 358 g/mol. The molecule has 0 aliphatic heterocycles. The van der Waals surface area contributed by atoms with Crippen LogP contribution < -0.4 is 20.9 Å². The average Bonchev–Trinajstić information content (AvgIpc) is 2.62. The van der Waals surface area contributed by atoms with E-state index in [1.165, 1.54) is 25.1 Å². The predicted octanol–water partition coefficient (Wildman–Crippen LogP) is 3.43. The Labute approximate surface area is 152 Å². The summed E-state index contributed by atoms with van der Waals surface area (Å²) < 4.78 is 13.6. The quantitative estimate of drug-likeness (QED) is 0.741. The fraction of sp³-hybridized carbons (Fsp3) is 0.263. The van der Waals surface area contributed by atoms with Crippen LogP contribution in [-0.2, 0) is 4.79 Å². The Morgan fingerprint density at radius 1 is 1.12 bits per heavy atom. The molecule has 2 aromatic carbocycles. The van der Waals surface area contributed by atoms with Crippen LogP contribution in [0.25, 0.3) is 0 Å². The van der Waals surface area contributed by atoms with Crippen molar-refractivity contribution in [2.75, 3.05) is 29.1 Å². The van der Waals surface area contributed by atoms with Gasteiger partial charge in [0.2, 0.25) is 5.91 Å². The Kier molecular flexibility index (Phi) is 6.54. The molecule has 26 heavy (non-hydrogen) atoms. The smallest absolute Gasteiger partial charge is 0.319 e. The number of urea groups is 1. The first-order chi connectivity index (χ1) is 12.4. The molecule has 0 saturated heterocycles. The highest BCUT2D eigenvalue weighted by Crippen LogP contribution is 2.19. The first kappa shape index (κ1) is 19.2. The van der Waals surface area contributed by atoms with E-state index in [2.05, 4.69) is 20.9 Å². The van der Waals surface area contributed by atoms with Crippen LogP contribution in [0.15, 0.2) is 48.5 Å². The summed E-state index contributed by atoms with van der Waals surface area (Å²) in [5.41, 5.74) is 1.46. The van der Waals surface area contributed by atoms with Crippen molar-refractivity contribution in [3.63, 3.8) is 0 Å². The molecule has 3 N–H and O–H groups in total. The van der Waals surface area contributed by atoms with E-state index in [0.717, 1.165) is 5.69 Å². The second-order valence-corrected chi connectivity index (χ2v) is 6.01. The van der Waals surface area contributed by atoms with Crippen molar-refractivity contribution in [2.45, 2.75) is 19.9 Å². The largest absolute Gasteiger partial charge is 0.370 e. The molecule has 0 aromatic heterocycles. The Balaban J connectivity index is 1.89. The van der Waals surface area contributed by atoms with Crippen molar-refractivity contribution in [3.05, 3.63) is 54.3 Å². The van der Waals surface area contributed by atoms with Crippen LogP contribution in [0.5, 0.6) is 0 Å². The van der Waals surface area contributed by atoms with Crippen LogP contribution in [0.4, 0.5) is 26.2 Å². The van der Waals surface area contributed by atoms with Crippen molar-refractivity contribution in [2.24, 2.45) is 0 Å². The van der Waals surface area contributed by atoms with Crippen LogP contribution in [0.1, 0.15) is 13.8 Å². The van der Waals surface area contributed by atoms with Crippen molar-refractivity contribution in [1.29, 1.82) is 0 Å². The zero-order valence-corrected chi connectivity index (χ0v) is 15.0. The number of hydrogen-bond donors (Lipinski definition) is 3. The minimum atomic E-state index is -0.565. The van der Waals surface area contributed by atoms with Gasteiger partial charge in [0.05, 0.1) is 5.69 Å². The lowest BCUT2D eigenvalue weighted by atomic mass is 10.2. The van der Waals surface area contributed by atoms with Gasteiger partial charge in [-0.25, -0.2) is 9.18 Å². The molecule has 0 heterocycles. The summed E-state index contributed by atoms with van der Waals surface area (Å²) in [5, 5.41) is 7.79. The second-order valence-electron chi connectivity index (χ2n) is 6.01. The topological polar surface area (TPSA) is 73.5 Å². The number of amides is 3. The molecule has 0 saturated carbocycles. The van der Waals surface area contributed by atoms with Crippen LogP contribution in [-0.4, -0.2) is 31.6 Å². The summed E-state index contributed by atoms with van der Waals surface area (Å²) >= 11 is 0. The van der Waals surface area contributed by atoms with Crippen molar-refractivity contribution in [1.82, 2.24) is 5.32 Å². The minimum Gasteiger partial charge on any atom is -0.370 e. The van der Waals surface area contributed by atoms with Gasteiger partial charge < -0.3 is 20.9 Å². The van der Waals surface area contributed by atoms with E-state index in [1.807, 2.05) is 44.3 Å². The lowest BCUT2D eigenvalue weighted by molar-refractivity contribution is -0.114. The van der Waals surface area contributed by atoms with Crippen molar-refractivity contribution >= 4 is 29.0 Å². The first-order valence-corrected chi connectivity index (χ1v) is 8.26. The van der Waals surface area contributed by atoms with E-state index in [-0.39, 0.29) is 17.6 Å². The molecule has 0 aliphatic carbocycles. The van der Waals surface area contributed by atoms with Crippen LogP contribution in [0.3, 0.4) is 0 Å². The number of nitrogens with zero attached hydrogens (tertiary/aromatic N) is 1. The van der Waals surface area contributed by atoms with Gasteiger partial charge >= 0.3 is 6.03 Å². The number of carbonyl (C=O) groups excluding carboxylic acids is 2. The molecule has 0 aliphatic rings. The number of benzene rings is 2. The average molecular weight is 358 g/mol. The third-order valence-corrected chi connectivity index (χ3v) is 3.92. The molecular formula is C19H23FN4O2. The Morgan fingerprint density at radius 3 is 2.46 bits per heavy atom. The van der Waals surface area contributed by atoms with Gasteiger partial charge in [0.1, 0.15) is 5.82 Å². The van der Waals surface area contributed by atoms with Gasteiger partial charge in [-0.1, -0.05) is 18.2 Å². The lowest BCUT2D eigenvalue weighted by Crippen LogP contribution is -2.41. The Morgan fingerprint density at radius 2 is 1.81 bits per heavy atom. The molecular weight excluding hydrogens is 335 g/mol. The van der Waals surface area contributed by atoms with E-state index in [1.54, 1.807) is 0 Å². The molecule has 0 bridgehead atoms. The standard InChI is InChI=1S/C19H23FN4O2/c1-13(24(3)16-7-5-4-6-8-16)12-21-19(26)23-15-9-10-17(20)18(11-15)22-14(2)25/h4-11,13H,12H2,1-3H3,(H,22,25)(H2,21,23,26)/t13-/m1/s1. The molecule has 6 nitrogen and oxygen atoms in total. The molecule has 0 spiro atoms. The molecule has 0 radical (unpaired) electrons. The molecule has 138 valence electrons. The number of nitrogens with one attached hydrogen (secondary N) is 3. The van der Waals surface area contributed by atoms with Gasteiger partial charge in [-0.05, 0) is 37.3 Å². The van der Waals surface area contributed by atoms with E-state index >= 15 is 0 Å². The fourth-order valence-corrected chi connectivity index (χ4v) is 2.36. The van der Waals surface area contributed by atoms with E-state index < -0.39 is 11.8 Å². The van der Waals surface area contributed by atoms with Gasteiger partial charge in [-0.3, -0.25) is 4.79 Å². The maximum absolute atomic E-state index is 13.6. The summed E-state index contributed by atoms with van der Waals surface area (Å²) in [6, 6.07) is 13.5. The van der Waals surface area contributed by atoms with Gasteiger partial charge in [-0.15, -0.1) is 0 Å². The van der Waals surface area contributed by atoms with Crippen LogP contribution in [0, 0.1) is 5.82 Å². The SMILES string of the molecule is CC(=O)Nc1cc(NC(=O)NC[C@@H](C)N(C)c2ccccc2)ccc1F. The fourth-order valence-electron chi connectivity index (χ4n) is 2.36. The number of anilines is 3. The summed E-state index contributed by atoms with van der Waals surface area (Å²) in [4.78, 5) is 25.2. The van der Waals surface area contributed by atoms with E-state index in [0.29, 0.717) is 12.2 Å². The number of likely N-dealkylation sites (N-methyl/N-ethyl adjacent to an activating group) is 1. The zero-order valence-electron chi connectivity index (χ0n) is 15.0. The molecule has 1 atom stereocenters. The van der Waals surface area contributed by atoms with E-state index in [9.17, 15) is 14.0 Å². The van der Waals surface area contributed by atoms with E-state index in [4.69, 9.17) is 0 Å². The normalized spacial score (nSPS) is 11.4. The highest BCUT2D eigenvalue weighted by molar-refractivity contribution is 5.92. The van der Waals surface area contributed by atoms with Gasteiger partial charge in [-0.2, -0.15) is 0 Å². The number of para-hydroxylation sites is 1. The Hall–Kier alpha value is -3.09. The third kappa shape index (κ3) is 5.47. The molecule has 2 aromatic rings. The zero-order chi connectivity index (χ0) is 19.1.